The molecule has 6 heteroatoms. The van der Waals surface area contributed by atoms with Gasteiger partial charge in [-0.15, -0.1) is 0 Å². The Bertz CT molecular complexity index is 599. The highest BCUT2D eigenvalue weighted by molar-refractivity contribution is 5.48. The van der Waals surface area contributed by atoms with Gasteiger partial charge < -0.3 is 15.0 Å². The van der Waals surface area contributed by atoms with Crippen LogP contribution >= 0.6 is 0 Å². The van der Waals surface area contributed by atoms with Gasteiger partial charge in [-0.1, -0.05) is 0 Å². The van der Waals surface area contributed by atoms with Gasteiger partial charge in [0.15, 0.2) is 0 Å². The maximum atomic E-state index is 5.16. The molecule has 0 saturated carbocycles. The molecule has 2 aromatic heterocycles. The summed E-state index contributed by atoms with van der Waals surface area (Å²) >= 11 is 0. The van der Waals surface area contributed by atoms with Crippen LogP contribution in [-0.2, 0) is 4.74 Å². The molecule has 0 unspecified atom stereocenters. The van der Waals surface area contributed by atoms with Gasteiger partial charge in [0.1, 0.15) is 5.82 Å². The Morgan fingerprint density at radius 3 is 2.70 bits per heavy atom. The Morgan fingerprint density at radius 2 is 1.96 bits per heavy atom. The number of hydrogen-bond acceptors (Lipinski definition) is 6. The summed E-state index contributed by atoms with van der Waals surface area (Å²) in [6.07, 6.45) is 7.64. The lowest BCUT2D eigenvalue weighted by atomic mass is 9.90. The molecule has 3 rings (SSSR count). The van der Waals surface area contributed by atoms with E-state index >= 15 is 0 Å². The van der Waals surface area contributed by atoms with Gasteiger partial charge in [-0.2, -0.15) is 0 Å². The molecular weight excluding hydrogens is 290 g/mol. The fourth-order valence-electron chi connectivity index (χ4n) is 2.96. The second kappa shape index (κ2) is 7.99. The number of likely N-dealkylation sites (tertiary alicyclic amines) is 1. The maximum absolute atomic E-state index is 5.16. The zero-order chi connectivity index (χ0) is 15.9. The zero-order valence-electron chi connectivity index (χ0n) is 13.5. The van der Waals surface area contributed by atoms with E-state index in [-0.39, 0.29) is 0 Å². The van der Waals surface area contributed by atoms with Crippen LogP contribution in [0.1, 0.15) is 24.3 Å². The number of nitrogens with one attached hydrogen (secondary N) is 1. The number of methoxy groups -OCH3 is 1. The second-order valence-electron chi connectivity index (χ2n) is 5.78. The van der Waals surface area contributed by atoms with E-state index < -0.39 is 0 Å². The van der Waals surface area contributed by atoms with E-state index in [9.17, 15) is 0 Å². The molecule has 0 aromatic carbocycles. The first-order chi connectivity index (χ1) is 11.3. The first-order valence-electron chi connectivity index (χ1n) is 8.06. The van der Waals surface area contributed by atoms with Crippen LogP contribution in [0.5, 0.6) is 0 Å². The molecule has 0 aliphatic carbocycles. The maximum Gasteiger partial charge on any atom is 0.228 e. The highest BCUT2D eigenvalue weighted by Gasteiger charge is 2.20. The highest BCUT2D eigenvalue weighted by atomic mass is 16.5. The number of hydrogen-bond donors (Lipinski definition) is 1. The quantitative estimate of drug-likeness (QED) is 0.884. The van der Waals surface area contributed by atoms with Crippen LogP contribution in [0.4, 0.5) is 11.8 Å². The van der Waals surface area contributed by atoms with Crippen molar-refractivity contribution in [1.82, 2.24) is 19.9 Å². The van der Waals surface area contributed by atoms with Crippen molar-refractivity contribution in [2.24, 2.45) is 0 Å². The van der Waals surface area contributed by atoms with Crippen LogP contribution in [0, 0.1) is 0 Å². The monoisotopic (exact) mass is 313 g/mol. The molecule has 2 aromatic rings. The standard InChI is InChI=1S/C17H23N5O/c1-23-12-11-22-9-4-14(5-10-22)15-3-8-18-16(13-15)21-17-19-6-2-7-20-17/h2-3,6-8,13-14H,4-5,9-12H2,1H3,(H,18,19,20,21). The number of anilines is 2. The summed E-state index contributed by atoms with van der Waals surface area (Å²) in [6, 6.07) is 6.03. The number of pyridine rings is 1. The minimum absolute atomic E-state index is 0.575. The molecule has 1 N–H and O–H groups in total. The smallest absolute Gasteiger partial charge is 0.228 e. The van der Waals surface area contributed by atoms with Gasteiger partial charge >= 0.3 is 0 Å². The van der Waals surface area contributed by atoms with Crippen LogP contribution < -0.4 is 5.32 Å². The molecular formula is C17H23N5O. The van der Waals surface area contributed by atoms with Crippen molar-refractivity contribution in [1.29, 1.82) is 0 Å². The van der Waals surface area contributed by atoms with Gasteiger partial charge in [0.05, 0.1) is 6.61 Å². The van der Waals surface area contributed by atoms with Crippen LogP contribution in [0.2, 0.25) is 0 Å². The largest absolute Gasteiger partial charge is 0.383 e. The molecule has 0 spiro atoms. The van der Waals surface area contributed by atoms with Crippen LogP contribution in [0.15, 0.2) is 36.8 Å². The summed E-state index contributed by atoms with van der Waals surface area (Å²) in [7, 11) is 1.76. The molecule has 1 saturated heterocycles. The van der Waals surface area contributed by atoms with Gasteiger partial charge in [0.25, 0.3) is 0 Å². The number of nitrogens with zero attached hydrogens (tertiary/aromatic N) is 4. The average Bonchev–Trinajstić information content (AvgIpc) is 2.61. The van der Waals surface area contributed by atoms with Crippen LogP contribution in [0.3, 0.4) is 0 Å². The average molecular weight is 313 g/mol. The molecule has 1 aliphatic heterocycles. The van der Waals surface area contributed by atoms with Gasteiger partial charge in [-0.05, 0) is 55.6 Å². The van der Waals surface area contributed by atoms with E-state index in [1.807, 2.05) is 6.20 Å². The zero-order valence-corrected chi connectivity index (χ0v) is 13.5. The first-order valence-corrected chi connectivity index (χ1v) is 8.06. The third-order valence-electron chi connectivity index (χ3n) is 4.26. The number of aromatic nitrogens is 3. The number of piperidine rings is 1. The topological polar surface area (TPSA) is 63.2 Å². The van der Waals surface area contributed by atoms with E-state index in [2.05, 4.69) is 37.3 Å². The van der Waals surface area contributed by atoms with E-state index in [1.54, 1.807) is 25.6 Å². The summed E-state index contributed by atoms with van der Waals surface area (Å²) < 4.78 is 5.16. The van der Waals surface area contributed by atoms with E-state index in [0.29, 0.717) is 11.9 Å². The number of rotatable bonds is 6. The SMILES string of the molecule is COCCN1CCC(c2ccnc(Nc3ncccn3)c2)CC1. The van der Waals surface area contributed by atoms with Gasteiger partial charge in [0, 0.05) is 32.2 Å². The molecule has 0 amide bonds. The molecule has 3 heterocycles. The summed E-state index contributed by atoms with van der Waals surface area (Å²) in [5.74, 6) is 1.97. The van der Waals surface area contributed by atoms with Crippen molar-refractivity contribution < 1.29 is 4.74 Å². The van der Waals surface area contributed by atoms with E-state index in [0.717, 1.165) is 32.1 Å². The van der Waals surface area contributed by atoms with Crippen molar-refractivity contribution in [2.45, 2.75) is 18.8 Å². The van der Waals surface area contributed by atoms with Gasteiger partial charge in [-0.3, -0.25) is 0 Å². The van der Waals surface area contributed by atoms with Crippen molar-refractivity contribution in [2.75, 3.05) is 38.7 Å². The summed E-state index contributed by atoms with van der Waals surface area (Å²) in [6.45, 7) is 4.09. The Hall–Kier alpha value is -2.05. The fourth-order valence-corrected chi connectivity index (χ4v) is 2.96. The summed E-state index contributed by atoms with van der Waals surface area (Å²) in [5.41, 5.74) is 1.34. The van der Waals surface area contributed by atoms with Crippen molar-refractivity contribution in [3.63, 3.8) is 0 Å². The van der Waals surface area contributed by atoms with Crippen LogP contribution in [0.25, 0.3) is 0 Å². The Balaban J connectivity index is 1.60. The third-order valence-corrected chi connectivity index (χ3v) is 4.26. The highest BCUT2D eigenvalue weighted by Crippen LogP contribution is 2.29. The molecule has 6 nitrogen and oxygen atoms in total. The lowest BCUT2D eigenvalue weighted by Crippen LogP contribution is -2.35. The number of ether oxygens (including phenoxy) is 1. The van der Waals surface area contributed by atoms with E-state index in [1.165, 1.54) is 18.4 Å². The van der Waals surface area contributed by atoms with Crippen LogP contribution in [-0.4, -0.2) is 53.2 Å². The molecule has 1 fully saturated rings. The lowest BCUT2D eigenvalue weighted by Gasteiger charge is -2.32. The second-order valence-corrected chi connectivity index (χ2v) is 5.78. The van der Waals surface area contributed by atoms with E-state index in [4.69, 9.17) is 4.74 Å². The predicted molar refractivity (Wildman–Crippen MR) is 89.8 cm³/mol. The minimum atomic E-state index is 0.575. The third kappa shape index (κ3) is 4.46. The molecule has 0 radical (unpaired) electrons. The van der Waals surface area contributed by atoms with Gasteiger partial charge in [0.2, 0.25) is 5.95 Å². The molecule has 23 heavy (non-hydrogen) atoms. The Labute approximate surface area is 136 Å². The van der Waals surface area contributed by atoms with Crippen molar-refractivity contribution in [3.8, 4) is 0 Å². The molecule has 0 bridgehead atoms. The minimum Gasteiger partial charge on any atom is -0.383 e. The molecule has 1 aliphatic rings. The Morgan fingerprint density at radius 1 is 1.17 bits per heavy atom. The molecule has 122 valence electrons. The van der Waals surface area contributed by atoms with Crippen molar-refractivity contribution in [3.05, 3.63) is 42.4 Å². The molecule has 0 atom stereocenters. The van der Waals surface area contributed by atoms with Crippen molar-refractivity contribution >= 4 is 11.8 Å². The Kier molecular flexibility index (Phi) is 5.50. The van der Waals surface area contributed by atoms with Gasteiger partial charge in [-0.25, -0.2) is 15.0 Å². The normalized spacial score (nSPS) is 16.4. The lowest BCUT2D eigenvalue weighted by molar-refractivity contribution is 0.130. The predicted octanol–water partition coefficient (Wildman–Crippen LogP) is 2.44. The summed E-state index contributed by atoms with van der Waals surface area (Å²) in [4.78, 5) is 15.2. The summed E-state index contributed by atoms with van der Waals surface area (Å²) in [5, 5.41) is 3.16. The first kappa shape index (κ1) is 15.8. The fraction of sp³-hybridized carbons (Fsp3) is 0.471.